The number of aliphatic hydroxyl groups is 1. The summed E-state index contributed by atoms with van der Waals surface area (Å²) in [6, 6.07) is 0. The summed E-state index contributed by atoms with van der Waals surface area (Å²) in [6.07, 6.45) is 0. The molecule has 3 atom stereocenters. The molecule has 1 saturated heterocycles. The minimum atomic E-state index is -1.02. The molecule has 0 aromatic heterocycles. The van der Waals surface area contributed by atoms with Crippen molar-refractivity contribution in [3.8, 4) is 0 Å². The third-order valence-corrected chi connectivity index (χ3v) is 4.23. The monoisotopic (exact) mass is 262 g/mol. The summed E-state index contributed by atoms with van der Waals surface area (Å²) in [4.78, 5) is 0. The SMILES string of the molecule is CC1(CO[SiH3])OCC(C)(O)C(C)(C(C)(C)C)O1. The summed E-state index contributed by atoms with van der Waals surface area (Å²) in [6.45, 7) is 12.4. The molecule has 102 valence electrons. The molecule has 0 bridgehead atoms. The van der Waals surface area contributed by atoms with Crippen molar-refractivity contribution in [2.75, 3.05) is 13.2 Å². The highest BCUT2D eigenvalue weighted by Crippen LogP contribution is 2.47. The van der Waals surface area contributed by atoms with Crippen molar-refractivity contribution in [2.45, 2.75) is 58.5 Å². The van der Waals surface area contributed by atoms with Gasteiger partial charge in [-0.25, -0.2) is 0 Å². The van der Waals surface area contributed by atoms with E-state index in [1.165, 1.54) is 0 Å². The van der Waals surface area contributed by atoms with Crippen LogP contribution in [-0.2, 0) is 13.9 Å². The molecule has 0 aromatic carbocycles. The van der Waals surface area contributed by atoms with Crippen LogP contribution in [0, 0.1) is 5.41 Å². The van der Waals surface area contributed by atoms with Gasteiger partial charge in [0.05, 0.1) is 13.2 Å². The first-order chi connectivity index (χ1) is 7.47. The van der Waals surface area contributed by atoms with Crippen LogP contribution < -0.4 is 0 Å². The second-order valence-electron chi connectivity index (χ2n) is 6.51. The molecule has 1 N–H and O–H groups in total. The lowest BCUT2D eigenvalue weighted by molar-refractivity contribution is -0.397. The molecule has 5 heteroatoms. The lowest BCUT2D eigenvalue weighted by Gasteiger charge is -2.58. The minimum absolute atomic E-state index is 0.202. The van der Waals surface area contributed by atoms with Gasteiger partial charge in [0.1, 0.15) is 21.7 Å². The molecule has 1 rings (SSSR count). The van der Waals surface area contributed by atoms with Crippen molar-refractivity contribution in [2.24, 2.45) is 5.41 Å². The molecular weight excluding hydrogens is 236 g/mol. The average molecular weight is 262 g/mol. The zero-order valence-corrected chi connectivity index (χ0v) is 14.1. The minimum Gasteiger partial charge on any atom is -0.422 e. The standard InChI is InChI=1S/C12H26O4Si/c1-9(2,3)12(6)10(4,13)7-14-11(5,16-12)8-15-17/h13H,7-8H2,1-6,17H3. The van der Waals surface area contributed by atoms with Gasteiger partial charge in [-0.05, 0) is 26.2 Å². The van der Waals surface area contributed by atoms with Gasteiger partial charge in [0.2, 0.25) is 0 Å². The fourth-order valence-corrected chi connectivity index (χ4v) is 2.82. The number of hydrogen-bond donors (Lipinski definition) is 1. The topological polar surface area (TPSA) is 47.9 Å². The molecule has 3 unspecified atom stereocenters. The first kappa shape index (κ1) is 15.1. The zero-order valence-electron chi connectivity index (χ0n) is 12.1. The molecule has 17 heavy (non-hydrogen) atoms. The summed E-state index contributed by atoms with van der Waals surface area (Å²) >= 11 is 0. The first-order valence-corrected chi connectivity index (χ1v) is 6.85. The molecule has 4 nitrogen and oxygen atoms in total. The predicted octanol–water partition coefficient (Wildman–Crippen LogP) is 0.602. The molecular formula is C12H26O4Si. The Labute approximate surface area is 107 Å². The highest BCUT2D eigenvalue weighted by Gasteiger charge is 2.59. The first-order valence-electron chi connectivity index (χ1n) is 6.03. The number of ether oxygens (including phenoxy) is 2. The molecule has 0 saturated carbocycles. The molecule has 0 spiro atoms. The lowest BCUT2D eigenvalue weighted by atomic mass is 9.67. The van der Waals surface area contributed by atoms with E-state index >= 15 is 0 Å². The maximum atomic E-state index is 10.5. The fraction of sp³-hybridized carbons (Fsp3) is 1.00. The highest BCUT2D eigenvalue weighted by molar-refractivity contribution is 5.97. The highest BCUT2D eigenvalue weighted by atomic mass is 28.2. The van der Waals surface area contributed by atoms with Crippen LogP contribution >= 0.6 is 0 Å². The van der Waals surface area contributed by atoms with Gasteiger partial charge in [-0.15, -0.1) is 0 Å². The van der Waals surface area contributed by atoms with E-state index in [1.807, 2.05) is 13.8 Å². The molecule has 0 aromatic rings. The second-order valence-corrected chi connectivity index (χ2v) is 7.09. The quantitative estimate of drug-likeness (QED) is 0.741. The van der Waals surface area contributed by atoms with Crippen LogP contribution in [0.1, 0.15) is 41.5 Å². The second kappa shape index (κ2) is 4.31. The summed E-state index contributed by atoms with van der Waals surface area (Å²) in [5.41, 5.74) is -1.91. The smallest absolute Gasteiger partial charge is 0.188 e. The molecule has 1 aliphatic rings. The molecule has 0 amide bonds. The van der Waals surface area contributed by atoms with Crippen LogP contribution in [0.2, 0.25) is 0 Å². The number of hydrogen-bond acceptors (Lipinski definition) is 4. The summed E-state index contributed by atoms with van der Waals surface area (Å²) in [7, 11) is 0.644. The average Bonchev–Trinajstić information content (AvgIpc) is 2.11. The van der Waals surface area contributed by atoms with Gasteiger partial charge in [-0.3, -0.25) is 0 Å². The van der Waals surface area contributed by atoms with E-state index in [0.717, 1.165) is 0 Å². The van der Waals surface area contributed by atoms with E-state index in [-0.39, 0.29) is 12.0 Å². The van der Waals surface area contributed by atoms with Crippen molar-refractivity contribution in [3.05, 3.63) is 0 Å². The van der Waals surface area contributed by atoms with Gasteiger partial charge in [-0.1, -0.05) is 20.8 Å². The Bertz CT molecular complexity index is 287. The van der Waals surface area contributed by atoms with E-state index in [0.29, 0.717) is 17.1 Å². The third kappa shape index (κ3) is 2.58. The Hall–Kier alpha value is 0.0569. The molecule has 1 aliphatic heterocycles. The zero-order chi connectivity index (χ0) is 13.5. The van der Waals surface area contributed by atoms with Crippen LogP contribution in [0.5, 0.6) is 0 Å². The van der Waals surface area contributed by atoms with E-state index < -0.39 is 17.0 Å². The van der Waals surface area contributed by atoms with E-state index in [9.17, 15) is 5.11 Å². The van der Waals surface area contributed by atoms with Crippen LogP contribution in [-0.4, -0.2) is 45.8 Å². The Morgan fingerprint density at radius 2 is 1.82 bits per heavy atom. The van der Waals surface area contributed by atoms with Gasteiger partial charge in [-0.2, -0.15) is 0 Å². The van der Waals surface area contributed by atoms with Crippen LogP contribution in [0.15, 0.2) is 0 Å². The van der Waals surface area contributed by atoms with Crippen molar-refractivity contribution in [1.29, 1.82) is 0 Å². The Morgan fingerprint density at radius 3 is 2.24 bits per heavy atom. The predicted molar refractivity (Wildman–Crippen MR) is 69.8 cm³/mol. The van der Waals surface area contributed by atoms with E-state index in [2.05, 4.69) is 20.8 Å². The van der Waals surface area contributed by atoms with Crippen LogP contribution in [0.3, 0.4) is 0 Å². The molecule has 0 aliphatic carbocycles. The Balaban J connectivity index is 3.06. The van der Waals surface area contributed by atoms with Crippen LogP contribution in [0.25, 0.3) is 0 Å². The molecule has 0 radical (unpaired) electrons. The van der Waals surface area contributed by atoms with Gasteiger partial charge in [0.25, 0.3) is 0 Å². The maximum Gasteiger partial charge on any atom is 0.188 e. The van der Waals surface area contributed by atoms with E-state index in [4.69, 9.17) is 13.9 Å². The summed E-state index contributed by atoms with van der Waals surface area (Å²) < 4.78 is 17.0. The number of rotatable bonds is 2. The van der Waals surface area contributed by atoms with Crippen molar-refractivity contribution in [1.82, 2.24) is 0 Å². The van der Waals surface area contributed by atoms with Gasteiger partial charge >= 0.3 is 0 Å². The van der Waals surface area contributed by atoms with Gasteiger partial charge < -0.3 is 19.0 Å². The van der Waals surface area contributed by atoms with Crippen LogP contribution in [0.4, 0.5) is 0 Å². The molecule has 1 fully saturated rings. The maximum absolute atomic E-state index is 10.5. The lowest BCUT2D eigenvalue weighted by Crippen LogP contribution is -2.69. The van der Waals surface area contributed by atoms with Crippen molar-refractivity contribution < 1.29 is 19.0 Å². The molecule has 1 heterocycles. The Morgan fingerprint density at radius 1 is 1.29 bits per heavy atom. The van der Waals surface area contributed by atoms with Crippen molar-refractivity contribution >= 4 is 10.5 Å². The third-order valence-electron chi connectivity index (χ3n) is 3.94. The summed E-state index contributed by atoms with van der Waals surface area (Å²) in [5.74, 6) is -0.772. The fourth-order valence-electron chi connectivity index (χ4n) is 2.30. The van der Waals surface area contributed by atoms with Crippen molar-refractivity contribution in [3.63, 3.8) is 0 Å². The Kier molecular flexibility index (Phi) is 3.83. The normalized spacial score (nSPS) is 43.9. The van der Waals surface area contributed by atoms with Gasteiger partial charge in [0, 0.05) is 0 Å². The van der Waals surface area contributed by atoms with Gasteiger partial charge in [0.15, 0.2) is 5.79 Å². The van der Waals surface area contributed by atoms with E-state index in [1.54, 1.807) is 6.92 Å². The largest absolute Gasteiger partial charge is 0.422 e. The summed E-state index contributed by atoms with van der Waals surface area (Å²) in [5, 5.41) is 10.5.